The number of halogens is 2. The molecular weight excluding hydrogens is 371 g/mol. The molecule has 0 spiro atoms. The zero-order valence-electron chi connectivity index (χ0n) is 11.9. The molecule has 0 fully saturated rings. The highest BCUT2D eigenvalue weighted by Crippen LogP contribution is 2.23. The van der Waals surface area contributed by atoms with Crippen molar-refractivity contribution >= 4 is 38.9 Å². The fraction of sp³-hybridized carbons (Fsp3) is 0.267. The number of carbonyl (C=O) groups is 1. The van der Waals surface area contributed by atoms with Gasteiger partial charge in [-0.05, 0) is 71.7 Å². The molecule has 3 N–H and O–H groups in total. The van der Waals surface area contributed by atoms with Gasteiger partial charge in [0.15, 0.2) is 0 Å². The molecule has 4 nitrogen and oxygen atoms in total. The molecule has 0 aliphatic rings. The van der Waals surface area contributed by atoms with E-state index in [1.54, 1.807) is 25.2 Å². The van der Waals surface area contributed by atoms with Gasteiger partial charge in [-0.15, -0.1) is 11.3 Å². The van der Waals surface area contributed by atoms with Crippen LogP contribution in [-0.4, -0.2) is 24.3 Å². The Bertz CT molecular complexity index is 663. The summed E-state index contributed by atoms with van der Waals surface area (Å²) in [4.78, 5) is 12.6. The zero-order chi connectivity index (χ0) is 16.1. The molecule has 0 radical (unpaired) electrons. The van der Waals surface area contributed by atoms with E-state index in [2.05, 4.69) is 26.6 Å². The predicted octanol–water partition coefficient (Wildman–Crippen LogP) is 3.37. The van der Waals surface area contributed by atoms with E-state index in [-0.39, 0.29) is 11.7 Å². The van der Waals surface area contributed by atoms with Gasteiger partial charge in [-0.2, -0.15) is 0 Å². The highest BCUT2D eigenvalue weighted by atomic mass is 79.9. The summed E-state index contributed by atoms with van der Waals surface area (Å²) in [5, 5.41) is 14.9. The molecule has 0 saturated heterocycles. The Hall–Kier alpha value is -1.28. The Kier molecular flexibility index (Phi) is 6.07. The van der Waals surface area contributed by atoms with Crippen LogP contribution in [-0.2, 0) is 6.42 Å². The van der Waals surface area contributed by atoms with Crippen molar-refractivity contribution in [3.63, 3.8) is 0 Å². The van der Waals surface area contributed by atoms with Gasteiger partial charge < -0.3 is 10.4 Å². The normalized spacial score (nSPS) is 12.2. The van der Waals surface area contributed by atoms with Gasteiger partial charge in [0.2, 0.25) is 0 Å². The van der Waals surface area contributed by atoms with E-state index in [4.69, 9.17) is 0 Å². The summed E-state index contributed by atoms with van der Waals surface area (Å²) in [5.41, 5.74) is 0.990. The third-order valence-corrected chi connectivity index (χ3v) is 4.74. The molecule has 0 aliphatic carbocycles. The average Bonchev–Trinajstić information content (AvgIpc) is 2.94. The number of thiophene rings is 1. The lowest BCUT2D eigenvalue weighted by atomic mass is 10.1. The predicted molar refractivity (Wildman–Crippen MR) is 89.8 cm³/mol. The van der Waals surface area contributed by atoms with Gasteiger partial charge in [-0.1, -0.05) is 0 Å². The maximum absolute atomic E-state index is 13.8. The molecule has 2 rings (SSSR count). The summed E-state index contributed by atoms with van der Waals surface area (Å²) in [6.07, 6.45) is 0.0891. The van der Waals surface area contributed by atoms with E-state index >= 15 is 0 Å². The van der Waals surface area contributed by atoms with Crippen molar-refractivity contribution in [2.75, 3.05) is 12.4 Å². The fourth-order valence-corrected chi connectivity index (χ4v) is 3.19. The first-order valence-electron chi connectivity index (χ1n) is 6.70. The highest BCUT2D eigenvalue weighted by Gasteiger charge is 2.11. The van der Waals surface area contributed by atoms with Gasteiger partial charge in [0.05, 0.1) is 8.66 Å². The van der Waals surface area contributed by atoms with E-state index in [1.807, 2.05) is 0 Å². The van der Waals surface area contributed by atoms with Crippen LogP contribution in [0.3, 0.4) is 0 Å². The summed E-state index contributed by atoms with van der Waals surface area (Å²) < 4.78 is 14.6. The maximum Gasteiger partial charge on any atom is 0.265 e. The second-order valence-corrected chi connectivity index (χ2v) is 7.17. The molecule has 1 aromatic heterocycles. The number of nitrogens with one attached hydrogen (secondary N) is 2. The van der Waals surface area contributed by atoms with Crippen LogP contribution in [0.5, 0.6) is 0 Å². The number of amides is 1. The lowest BCUT2D eigenvalue weighted by molar-refractivity contribution is 0.103. The molecule has 1 heterocycles. The Labute approximate surface area is 140 Å². The molecule has 1 amide bonds. The molecule has 1 aromatic carbocycles. The first-order chi connectivity index (χ1) is 10.5. The Balaban J connectivity index is 2.07. The quantitative estimate of drug-likeness (QED) is 0.666. The van der Waals surface area contributed by atoms with Gasteiger partial charge >= 0.3 is 0 Å². The fourth-order valence-electron chi connectivity index (χ4n) is 1.91. The number of aliphatic hydroxyl groups is 1. The van der Waals surface area contributed by atoms with Gasteiger partial charge in [-0.3, -0.25) is 10.1 Å². The van der Waals surface area contributed by atoms with Crippen LogP contribution in [0, 0.1) is 5.82 Å². The van der Waals surface area contributed by atoms with Crippen molar-refractivity contribution in [2.45, 2.75) is 19.1 Å². The third-order valence-electron chi connectivity index (χ3n) is 3.12. The third kappa shape index (κ3) is 4.61. The van der Waals surface area contributed by atoms with E-state index in [0.29, 0.717) is 29.0 Å². The Morgan fingerprint density at radius 1 is 1.41 bits per heavy atom. The second kappa shape index (κ2) is 7.82. The molecule has 1 atom stereocenters. The van der Waals surface area contributed by atoms with Gasteiger partial charge in [-0.25, -0.2) is 4.39 Å². The largest absolute Gasteiger partial charge is 0.379 e. The highest BCUT2D eigenvalue weighted by molar-refractivity contribution is 9.11. The molecule has 0 bridgehead atoms. The minimum Gasteiger partial charge on any atom is -0.379 e. The number of aliphatic hydroxyl groups excluding tert-OH is 1. The molecular formula is C15H16BrFN2O2S. The molecule has 2 aromatic rings. The van der Waals surface area contributed by atoms with Gasteiger partial charge in [0, 0.05) is 5.69 Å². The SMILES string of the molecule is CNC(O)CCc1cc(NC(=O)c2ccc(Br)s2)ccc1F. The topological polar surface area (TPSA) is 61.4 Å². The van der Waals surface area contributed by atoms with Crippen molar-refractivity contribution in [1.29, 1.82) is 0 Å². The number of hydrogen-bond acceptors (Lipinski definition) is 4. The molecule has 0 saturated carbocycles. The van der Waals surface area contributed by atoms with Crippen LogP contribution in [0.4, 0.5) is 10.1 Å². The summed E-state index contributed by atoms with van der Waals surface area (Å²) in [6, 6.07) is 7.96. The minimum atomic E-state index is -0.680. The van der Waals surface area contributed by atoms with Crippen LogP contribution in [0.15, 0.2) is 34.1 Å². The van der Waals surface area contributed by atoms with E-state index in [9.17, 15) is 14.3 Å². The zero-order valence-corrected chi connectivity index (χ0v) is 14.3. The van der Waals surface area contributed by atoms with Crippen LogP contribution in [0.1, 0.15) is 21.7 Å². The van der Waals surface area contributed by atoms with Crippen molar-refractivity contribution in [3.05, 3.63) is 50.4 Å². The number of carbonyl (C=O) groups excluding carboxylic acids is 1. The van der Waals surface area contributed by atoms with Gasteiger partial charge in [0.25, 0.3) is 5.91 Å². The molecule has 1 unspecified atom stereocenters. The van der Waals surface area contributed by atoms with E-state index < -0.39 is 6.23 Å². The Morgan fingerprint density at radius 2 is 2.18 bits per heavy atom. The summed E-state index contributed by atoms with van der Waals surface area (Å²) in [7, 11) is 1.64. The molecule has 118 valence electrons. The second-order valence-electron chi connectivity index (χ2n) is 4.71. The lowest BCUT2D eigenvalue weighted by Crippen LogP contribution is -2.24. The first-order valence-corrected chi connectivity index (χ1v) is 8.31. The number of benzene rings is 1. The smallest absolute Gasteiger partial charge is 0.265 e. The number of rotatable bonds is 6. The lowest BCUT2D eigenvalue weighted by Gasteiger charge is -2.11. The van der Waals surface area contributed by atoms with Crippen molar-refractivity contribution in [2.24, 2.45) is 0 Å². The first kappa shape index (κ1) is 17.1. The maximum atomic E-state index is 13.8. The van der Waals surface area contributed by atoms with E-state index in [0.717, 1.165) is 3.79 Å². The molecule has 7 heteroatoms. The molecule has 0 aliphatic heterocycles. The number of anilines is 1. The van der Waals surface area contributed by atoms with Crippen molar-refractivity contribution in [3.8, 4) is 0 Å². The van der Waals surface area contributed by atoms with Crippen molar-refractivity contribution < 1.29 is 14.3 Å². The number of hydrogen-bond donors (Lipinski definition) is 3. The standard InChI is InChI=1S/C15H16BrFN2O2S/c1-18-14(20)7-2-9-8-10(3-4-11(9)17)19-15(21)12-5-6-13(16)22-12/h3-6,8,14,18,20H,2,7H2,1H3,(H,19,21). The van der Waals surface area contributed by atoms with Gasteiger partial charge in [0.1, 0.15) is 12.0 Å². The average molecular weight is 387 g/mol. The van der Waals surface area contributed by atoms with Crippen LogP contribution >= 0.6 is 27.3 Å². The monoisotopic (exact) mass is 386 g/mol. The van der Waals surface area contributed by atoms with Crippen LogP contribution in [0.25, 0.3) is 0 Å². The summed E-state index contributed by atoms with van der Waals surface area (Å²) in [5.74, 6) is -0.580. The Morgan fingerprint density at radius 3 is 2.82 bits per heavy atom. The van der Waals surface area contributed by atoms with Crippen LogP contribution < -0.4 is 10.6 Å². The minimum absolute atomic E-state index is 0.233. The molecule has 22 heavy (non-hydrogen) atoms. The summed E-state index contributed by atoms with van der Waals surface area (Å²) >= 11 is 4.64. The van der Waals surface area contributed by atoms with Crippen molar-refractivity contribution in [1.82, 2.24) is 5.32 Å². The summed E-state index contributed by atoms with van der Waals surface area (Å²) in [6.45, 7) is 0. The number of aryl methyl sites for hydroxylation is 1. The van der Waals surface area contributed by atoms with Crippen LogP contribution in [0.2, 0.25) is 0 Å². The van der Waals surface area contributed by atoms with E-state index in [1.165, 1.54) is 23.5 Å².